The molecule has 0 aliphatic heterocycles. The molecule has 0 saturated heterocycles. The Bertz CT molecular complexity index is 1450. The second kappa shape index (κ2) is 8.23. The van der Waals surface area contributed by atoms with Crippen molar-refractivity contribution in [3.63, 3.8) is 0 Å². The first-order chi connectivity index (χ1) is 15.3. The van der Waals surface area contributed by atoms with Gasteiger partial charge in [-0.25, -0.2) is 15.0 Å². The molecule has 4 aromatic rings. The van der Waals surface area contributed by atoms with Gasteiger partial charge in [-0.2, -0.15) is 5.26 Å². The van der Waals surface area contributed by atoms with E-state index < -0.39 is 6.04 Å². The summed E-state index contributed by atoms with van der Waals surface area (Å²) in [7, 11) is 0. The van der Waals surface area contributed by atoms with Gasteiger partial charge in [0.15, 0.2) is 0 Å². The van der Waals surface area contributed by atoms with Crippen molar-refractivity contribution in [3.8, 4) is 11.8 Å². The van der Waals surface area contributed by atoms with Gasteiger partial charge in [-0.3, -0.25) is 9.36 Å². The number of para-hydroxylation sites is 1. The highest BCUT2D eigenvalue weighted by Gasteiger charge is 2.21. The fourth-order valence-corrected chi connectivity index (χ4v) is 3.97. The lowest BCUT2D eigenvalue weighted by Gasteiger charge is -2.22. The standard InChI is InChI=1S/C25H24N6O/c1-14-9-6-7-12-21(14)31-24(30-20-11-8-10-15(2)22(20)25(31)32)17(4)28-23-19(13-26)16(3)27-18(5)29-23/h6-12,17H,1-5H3,(H,27,28,29). The lowest BCUT2D eigenvalue weighted by molar-refractivity contribution is 0.727. The van der Waals surface area contributed by atoms with E-state index in [0.29, 0.717) is 39.6 Å². The molecule has 0 bridgehead atoms. The van der Waals surface area contributed by atoms with E-state index in [9.17, 15) is 10.1 Å². The zero-order valence-electron chi connectivity index (χ0n) is 18.8. The molecule has 2 aromatic carbocycles. The van der Waals surface area contributed by atoms with Gasteiger partial charge in [0, 0.05) is 0 Å². The smallest absolute Gasteiger partial charge is 0.266 e. The Balaban J connectivity index is 1.97. The highest BCUT2D eigenvalue weighted by molar-refractivity contribution is 5.81. The minimum Gasteiger partial charge on any atom is -0.359 e. The van der Waals surface area contributed by atoms with Gasteiger partial charge in [-0.05, 0) is 57.9 Å². The van der Waals surface area contributed by atoms with Gasteiger partial charge < -0.3 is 5.32 Å². The Morgan fingerprint density at radius 3 is 2.41 bits per heavy atom. The molecular formula is C25H24N6O. The van der Waals surface area contributed by atoms with Gasteiger partial charge in [0.2, 0.25) is 0 Å². The number of fused-ring (bicyclic) bond motifs is 1. The van der Waals surface area contributed by atoms with Crippen LogP contribution in [0.3, 0.4) is 0 Å². The van der Waals surface area contributed by atoms with Crippen LogP contribution in [0.5, 0.6) is 0 Å². The van der Waals surface area contributed by atoms with Gasteiger partial charge >= 0.3 is 0 Å². The summed E-state index contributed by atoms with van der Waals surface area (Å²) >= 11 is 0. The molecule has 0 fully saturated rings. The van der Waals surface area contributed by atoms with Gasteiger partial charge in [-0.1, -0.05) is 30.3 Å². The van der Waals surface area contributed by atoms with Crippen molar-refractivity contribution in [3.05, 3.63) is 86.9 Å². The predicted octanol–water partition coefficient (Wildman–Crippen LogP) is 4.45. The molecule has 4 rings (SSSR count). The van der Waals surface area contributed by atoms with Crippen LogP contribution in [0.4, 0.5) is 5.82 Å². The van der Waals surface area contributed by atoms with E-state index in [1.807, 2.05) is 63.2 Å². The highest BCUT2D eigenvalue weighted by atomic mass is 16.1. The van der Waals surface area contributed by atoms with Gasteiger partial charge in [-0.15, -0.1) is 0 Å². The molecule has 0 spiro atoms. The minimum atomic E-state index is -0.409. The molecule has 0 saturated carbocycles. The largest absolute Gasteiger partial charge is 0.359 e. The molecule has 0 aliphatic rings. The number of hydrogen-bond donors (Lipinski definition) is 1. The van der Waals surface area contributed by atoms with Crippen molar-refractivity contribution in [2.24, 2.45) is 0 Å². The molecule has 1 unspecified atom stereocenters. The van der Waals surface area contributed by atoms with Gasteiger partial charge in [0.1, 0.15) is 29.1 Å². The number of rotatable bonds is 4. The van der Waals surface area contributed by atoms with Crippen LogP contribution in [0.25, 0.3) is 16.6 Å². The normalized spacial score (nSPS) is 11.9. The lowest BCUT2D eigenvalue weighted by Crippen LogP contribution is -2.28. The Kier molecular flexibility index (Phi) is 5.45. The molecule has 2 aromatic heterocycles. The minimum absolute atomic E-state index is 0.124. The van der Waals surface area contributed by atoms with E-state index >= 15 is 0 Å². The number of nitrogens with zero attached hydrogens (tertiary/aromatic N) is 5. The monoisotopic (exact) mass is 424 g/mol. The molecule has 2 heterocycles. The summed E-state index contributed by atoms with van der Waals surface area (Å²) in [5, 5.41) is 13.5. The lowest BCUT2D eigenvalue weighted by atomic mass is 10.1. The number of aromatic nitrogens is 4. The van der Waals surface area contributed by atoms with Crippen molar-refractivity contribution in [1.82, 2.24) is 19.5 Å². The number of benzene rings is 2. The molecule has 0 radical (unpaired) electrons. The first kappa shape index (κ1) is 21.2. The van der Waals surface area contributed by atoms with Crippen molar-refractivity contribution >= 4 is 16.7 Å². The zero-order chi connectivity index (χ0) is 23.0. The van der Waals surface area contributed by atoms with Crippen molar-refractivity contribution in [2.75, 3.05) is 5.32 Å². The van der Waals surface area contributed by atoms with E-state index in [2.05, 4.69) is 21.4 Å². The van der Waals surface area contributed by atoms with Crippen LogP contribution in [-0.2, 0) is 0 Å². The molecule has 0 aliphatic carbocycles. The Hall–Kier alpha value is -4.05. The number of aryl methyl sites for hydroxylation is 4. The molecular weight excluding hydrogens is 400 g/mol. The maximum absolute atomic E-state index is 13.7. The molecule has 7 nitrogen and oxygen atoms in total. The molecule has 1 N–H and O–H groups in total. The van der Waals surface area contributed by atoms with Gasteiger partial charge in [0.05, 0.1) is 28.3 Å². The highest BCUT2D eigenvalue weighted by Crippen LogP contribution is 2.25. The SMILES string of the molecule is Cc1nc(C)c(C#N)c(NC(C)c2nc3cccc(C)c3c(=O)n2-c2ccccc2C)n1. The van der Waals surface area contributed by atoms with Crippen LogP contribution in [0.15, 0.2) is 47.3 Å². The first-order valence-electron chi connectivity index (χ1n) is 10.4. The zero-order valence-corrected chi connectivity index (χ0v) is 18.8. The quantitative estimate of drug-likeness (QED) is 0.520. The summed E-state index contributed by atoms with van der Waals surface area (Å²) in [5.74, 6) is 1.54. The summed E-state index contributed by atoms with van der Waals surface area (Å²) in [6.07, 6.45) is 0. The van der Waals surface area contributed by atoms with E-state index in [0.717, 1.165) is 16.8 Å². The third kappa shape index (κ3) is 3.60. The molecule has 160 valence electrons. The van der Waals surface area contributed by atoms with Crippen molar-refractivity contribution in [1.29, 1.82) is 5.26 Å². The predicted molar refractivity (Wildman–Crippen MR) is 125 cm³/mol. The van der Waals surface area contributed by atoms with Crippen LogP contribution in [0.2, 0.25) is 0 Å². The average molecular weight is 425 g/mol. The topological polar surface area (TPSA) is 96.5 Å². The molecule has 0 amide bonds. The molecule has 32 heavy (non-hydrogen) atoms. The maximum Gasteiger partial charge on any atom is 0.266 e. The number of nitriles is 1. The fourth-order valence-electron chi connectivity index (χ4n) is 3.97. The summed E-state index contributed by atoms with van der Waals surface area (Å²) in [5.41, 5.74) is 4.11. The fraction of sp³-hybridized carbons (Fsp3) is 0.240. The molecule has 7 heteroatoms. The first-order valence-corrected chi connectivity index (χ1v) is 10.4. The van der Waals surface area contributed by atoms with E-state index in [4.69, 9.17) is 4.98 Å². The van der Waals surface area contributed by atoms with E-state index in [1.54, 1.807) is 18.4 Å². The van der Waals surface area contributed by atoms with Crippen molar-refractivity contribution in [2.45, 2.75) is 40.7 Å². The van der Waals surface area contributed by atoms with Crippen LogP contribution >= 0.6 is 0 Å². The Morgan fingerprint density at radius 1 is 0.969 bits per heavy atom. The van der Waals surface area contributed by atoms with Crippen LogP contribution in [-0.4, -0.2) is 19.5 Å². The van der Waals surface area contributed by atoms with E-state index in [1.165, 1.54) is 0 Å². The maximum atomic E-state index is 13.7. The van der Waals surface area contributed by atoms with Gasteiger partial charge in [0.25, 0.3) is 5.56 Å². The Labute approximate surface area is 186 Å². The third-order valence-electron chi connectivity index (χ3n) is 5.54. The van der Waals surface area contributed by atoms with Crippen LogP contribution < -0.4 is 10.9 Å². The average Bonchev–Trinajstić information content (AvgIpc) is 2.74. The Morgan fingerprint density at radius 2 is 1.69 bits per heavy atom. The summed E-state index contributed by atoms with van der Waals surface area (Å²) < 4.78 is 1.66. The second-order valence-electron chi connectivity index (χ2n) is 7.92. The van der Waals surface area contributed by atoms with Crippen molar-refractivity contribution < 1.29 is 0 Å². The van der Waals surface area contributed by atoms with Crippen LogP contribution in [0, 0.1) is 39.0 Å². The number of anilines is 1. The molecule has 1 atom stereocenters. The summed E-state index contributed by atoms with van der Waals surface area (Å²) in [6.45, 7) is 9.36. The summed E-state index contributed by atoms with van der Waals surface area (Å²) in [4.78, 5) is 27.3. The third-order valence-corrected chi connectivity index (χ3v) is 5.54. The van der Waals surface area contributed by atoms with E-state index in [-0.39, 0.29) is 5.56 Å². The second-order valence-corrected chi connectivity index (χ2v) is 7.92. The number of hydrogen-bond acceptors (Lipinski definition) is 6. The number of nitrogens with one attached hydrogen (secondary N) is 1. The summed E-state index contributed by atoms with van der Waals surface area (Å²) in [6, 6.07) is 15.2. The van der Waals surface area contributed by atoms with Crippen LogP contribution in [0.1, 0.15) is 47.0 Å².